The monoisotopic (exact) mass is 265 g/mol. The van der Waals surface area contributed by atoms with Crippen molar-refractivity contribution in [2.75, 3.05) is 5.43 Å². The molecule has 2 rings (SSSR count). The Kier molecular flexibility index (Phi) is 3.25. The number of nitrogens with one attached hydrogen (secondary N) is 1. The van der Waals surface area contributed by atoms with Crippen LogP contribution in [-0.2, 0) is 0 Å². The third kappa shape index (κ3) is 2.31. The number of hydrogen-bond acceptors (Lipinski definition) is 3. The second-order valence-electron chi connectivity index (χ2n) is 3.98. The SMILES string of the molecule is Cc1ccc(C)n1Nc1ccc(Cl)cc1[N+](=O)[O-]. The number of anilines is 1. The van der Waals surface area contributed by atoms with Crippen LogP contribution in [0.15, 0.2) is 30.3 Å². The maximum absolute atomic E-state index is 11.0. The molecule has 5 nitrogen and oxygen atoms in total. The van der Waals surface area contributed by atoms with Gasteiger partial charge in [0, 0.05) is 22.5 Å². The molecule has 0 atom stereocenters. The van der Waals surface area contributed by atoms with Crippen molar-refractivity contribution in [3.8, 4) is 0 Å². The molecular formula is C12H12ClN3O2. The molecule has 0 fully saturated rings. The topological polar surface area (TPSA) is 60.1 Å². The van der Waals surface area contributed by atoms with Gasteiger partial charge in [-0.3, -0.25) is 20.2 Å². The number of aryl methyl sites for hydroxylation is 2. The fourth-order valence-corrected chi connectivity index (χ4v) is 1.88. The number of nitro groups is 1. The maximum atomic E-state index is 11.0. The Labute approximate surface area is 109 Å². The average Bonchev–Trinajstić information content (AvgIpc) is 2.62. The Balaban J connectivity index is 2.43. The van der Waals surface area contributed by atoms with Crippen molar-refractivity contribution in [3.63, 3.8) is 0 Å². The van der Waals surface area contributed by atoms with Gasteiger partial charge >= 0.3 is 0 Å². The van der Waals surface area contributed by atoms with E-state index in [0.717, 1.165) is 11.4 Å². The summed E-state index contributed by atoms with van der Waals surface area (Å²) >= 11 is 5.77. The highest BCUT2D eigenvalue weighted by molar-refractivity contribution is 6.30. The standard InChI is InChI=1S/C12H12ClN3O2/c1-8-3-4-9(2)15(8)14-11-6-5-10(13)7-12(11)16(17)18/h3-7,14H,1-2H3. The molecule has 0 aliphatic carbocycles. The van der Waals surface area contributed by atoms with E-state index in [1.54, 1.807) is 16.8 Å². The summed E-state index contributed by atoms with van der Waals surface area (Å²) in [5.74, 6) is 0. The molecule has 1 aromatic heterocycles. The molecular weight excluding hydrogens is 254 g/mol. The van der Waals surface area contributed by atoms with Crippen LogP contribution in [0, 0.1) is 24.0 Å². The molecule has 94 valence electrons. The fraction of sp³-hybridized carbons (Fsp3) is 0.167. The Morgan fingerprint density at radius 2 is 1.83 bits per heavy atom. The molecule has 0 spiro atoms. The van der Waals surface area contributed by atoms with E-state index in [2.05, 4.69) is 5.43 Å². The Bertz CT molecular complexity index is 588. The lowest BCUT2D eigenvalue weighted by molar-refractivity contribution is -0.384. The number of rotatable bonds is 3. The van der Waals surface area contributed by atoms with Crippen molar-refractivity contribution in [3.05, 3.63) is 56.9 Å². The Morgan fingerprint density at radius 3 is 2.39 bits per heavy atom. The minimum Gasteiger partial charge on any atom is -0.288 e. The zero-order chi connectivity index (χ0) is 13.3. The molecule has 0 aliphatic rings. The van der Waals surface area contributed by atoms with E-state index in [-0.39, 0.29) is 5.69 Å². The number of halogens is 1. The van der Waals surface area contributed by atoms with Gasteiger partial charge in [0.2, 0.25) is 0 Å². The van der Waals surface area contributed by atoms with Crippen LogP contribution in [-0.4, -0.2) is 9.60 Å². The normalized spacial score (nSPS) is 10.4. The second kappa shape index (κ2) is 4.70. The van der Waals surface area contributed by atoms with Crippen molar-refractivity contribution in [2.24, 2.45) is 0 Å². The summed E-state index contributed by atoms with van der Waals surface area (Å²) in [5, 5.41) is 11.3. The van der Waals surface area contributed by atoms with Crippen molar-refractivity contribution in [2.45, 2.75) is 13.8 Å². The van der Waals surface area contributed by atoms with Crippen molar-refractivity contribution in [1.29, 1.82) is 0 Å². The van der Waals surface area contributed by atoms with Crippen LogP contribution < -0.4 is 5.43 Å². The molecule has 2 aromatic rings. The highest BCUT2D eigenvalue weighted by atomic mass is 35.5. The lowest BCUT2D eigenvalue weighted by Crippen LogP contribution is -2.13. The van der Waals surface area contributed by atoms with Gasteiger partial charge in [-0.1, -0.05) is 11.6 Å². The highest BCUT2D eigenvalue weighted by Crippen LogP contribution is 2.28. The van der Waals surface area contributed by atoms with Gasteiger partial charge in [-0.25, -0.2) is 0 Å². The quantitative estimate of drug-likeness (QED) is 0.682. The molecule has 1 heterocycles. The van der Waals surface area contributed by atoms with Gasteiger partial charge in [0.15, 0.2) is 0 Å². The summed E-state index contributed by atoms with van der Waals surface area (Å²) in [4.78, 5) is 10.5. The van der Waals surface area contributed by atoms with E-state index >= 15 is 0 Å². The largest absolute Gasteiger partial charge is 0.295 e. The molecule has 0 aliphatic heterocycles. The first-order valence-corrected chi connectivity index (χ1v) is 5.73. The zero-order valence-electron chi connectivity index (χ0n) is 9.98. The number of nitro benzene ring substituents is 1. The third-order valence-corrected chi connectivity index (χ3v) is 2.89. The summed E-state index contributed by atoms with van der Waals surface area (Å²) in [6, 6.07) is 8.41. The molecule has 18 heavy (non-hydrogen) atoms. The van der Waals surface area contributed by atoms with Crippen molar-refractivity contribution < 1.29 is 4.92 Å². The van der Waals surface area contributed by atoms with Crippen molar-refractivity contribution in [1.82, 2.24) is 4.68 Å². The van der Waals surface area contributed by atoms with E-state index in [1.165, 1.54) is 6.07 Å². The van der Waals surface area contributed by atoms with Crippen LogP contribution in [0.5, 0.6) is 0 Å². The van der Waals surface area contributed by atoms with E-state index in [1.807, 2.05) is 26.0 Å². The van der Waals surface area contributed by atoms with Crippen LogP contribution >= 0.6 is 11.6 Å². The molecule has 0 bridgehead atoms. The minimum atomic E-state index is -0.456. The first-order valence-electron chi connectivity index (χ1n) is 5.35. The number of hydrogen-bond donors (Lipinski definition) is 1. The average molecular weight is 266 g/mol. The molecule has 1 N–H and O–H groups in total. The van der Waals surface area contributed by atoms with Crippen LogP contribution in [0.1, 0.15) is 11.4 Å². The van der Waals surface area contributed by atoms with E-state index < -0.39 is 4.92 Å². The van der Waals surface area contributed by atoms with E-state index in [4.69, 9.17) is 11.6 Å². The van der Waals surface area contributed by atoms with Crippen LogP contribution in [0.2, 0.25) is 5.02 Å². The van der Waals surface area contributed by atoms with Gasteiger partial charge in [0.1, 0.15) is 5.69 Å². The van der Waals surface area contributed by atoms with E-state index in [0.29, 0.717) is 10.7 Å². The van der Waals surface area contributed by atoms with Gasteiger partial charge in [-0.15, -0.1) is 0 Å². The van der Waals surface area contributed by atoms with Gasteiger partial charge < -0.3 is 0 Å². The number of aromatic nitrogens is 1. The molecule has 0 amide bonds. The highest BCUT2D eigenvalue weighted by Gasteiger charge is 2.15. The van der Waals surface area contributed by atoms with E-state index in [9.17, 15) is 10.1 Å². The Morgan fingerprint density at radius 1 is 1.22 bits per heavy atom. The summed E-state index contributed by atoms with van der Waals surface area (Å²) in [5.41, 5.74) is 5.32. The Hall–Kier alpha value is -2.01. The molecule has 0 unspecified atom stereocenters. The summed E-state index contributed by atoms with van der Waals surface area (Å²) in [6.45, 7) is 3.84. The number of benzene rings is 1. The summed E-state index contributed by atoms with van der Waals surface area (Å²) < 4.78 is 1.79. The number of nitrogens with zero attached hydrogens (tertiary/aromatic N) is 2. The maximum Gasteiger partial charge on any atom is 0.295 e. The minimum absolute atomic E-state index is 0.0463. The molecule has 6 heteroatoms. The fourth-order valence-electron chi connectivity index (χ4n) is 1.72. The van der Waals surface area contributed by atoms with Gasteiger partial charge in [0.25, 0.3) is 5.69 Å². The second-order valence-corrected chi connectivity index (χ2v) is 4.42. The molecule has 0 saturated heterocycles. The van der Waals surface area contributed by atoms with Gasteiger partial charge in [-0.2, -0.15) is 0 Å². The first kappa shape index (κ1) is 12.4. The van der Waals surface area contributed by atoms with Gasteiger partial charge in [-0.05, 0) is 38.1 Å². The van der Waals surface area contributed by atoms with Crippen LogP contribution in [0.3, 0.4) is 0 Å². The zero-order valence-corrected chi connectivity index (χ0v) is 10.7. The third-order valence-electron chi connectivity index (χ3n) is 2.66. The lowest BCUT2D eigenvalue weighted by Gasteiger charge is -2.12. The van der Waals surface area contributed by atoms with Crippen molar-refractivity contribution >= 4 is 23.0 Å². The lowest BCUT2D eigenvalue weighted by atomic mass is 10.3. The smallest absolute Gasteiger partial charge is 0.288 e. The van der Waals surface area contributed by atoms with Crippen LogP contribution in [0.4, 0.5) is 11.4 Å². The first-order chi connectivity index (χ1) is 8.49. The molecule has 0 radical (unpaired) electrons. The predicted octanol–water partition coefficient (Wildman–Crippen LogP) is 3.54. The summed E-state index contributed by atoms with van der Waals surface area (Å²) in [7, 11) is 0. The van der Waals surface area contributed by atoms with Gasteiger partial charge in [0.05, 0.1) is 4.92 Å². The summed E-state index contributed by atoms with van der Waals surface area (Å²) in [6.07, 6.45) is 0. The predicted molar refractivity (Wildman–Crippen MR) is 71.0 cm³/mol. The van der Waals surface area contributed by atoms with Crippen LogP contribution in [0.25, 0.3) is 0 Å². The molecule has 0 saturated carbocycles. The molecule has 1 aromatic carbocycles.